The summed E-state index contributed by atoms with van der Waals surface area (Å²) in [7, 11) is -3.57. The molecule has 0 heterocycles. The van der Waals surface area contributed by atoms with E-state index in [1.807, 2.05) is 5.32 Å². The number of benzene rings is 1. The summed E-state index contributed by atoms with van der Waals surface area (Å²) in [6.07, 6.45) is -1.28. The van der Waals surface area contributed by atoms with Crippen molar-refractivity contribution >= 4 is 15.9 Å². The lowest BCUT2D eigenvalue weighted by atomic mass is 10.4. The molecule has 0 saturated heterocycles. The summed E-state index contributed by atoms with van der Waals surface area (Å²) in [6, 6.07) is 4.37. The maximum atomic E-state index is 12.5. The van der Waals surface area contributed by atoms with Crippen LogP contribution in [0.15, 0.2) is 29.2 Å². The highest BCUT2D eigenvalue weighted by molar-refractivity contribution is 7.91. The third kappa shape index (κ3) is 3.50. The van der Waals surface area contributed by atoms with E-state index in [-0.39, 0.29) is 17.2 Å². The summed E-state index contributed by atoms with van der Waals surface area (Å²) in [5.41, 5.74) is 0. The van der Waals surface area contributed by atoms with Crippen molar-refractivity contribution in [2.75, 3.05) is 12.3 Å². The predicted molar refractivity (Wildman–Crippen MR) is 54.5 cm³/mol. The number of hydrogen-bond acceptors (Lipinski definition) is 3. The molecule has 1 rings (SSSR count). The zero-order chi connectivity index (χ0) is 12.2. The molecule has 0 spiro atoms. The van der Waals surface area contributed by atoms with Gasteiger partial charge in [0.15, 0.2) is 9.84 Å². The smallest absolute Gasteiger partial charge is 0.404 e. The highest BCUT2D eigenvalue weighted by atomic mass is 32.2. The lowest BCUT2D eigenvalue weighted by Gasteiger charge is -2.04. The molecule has 0 fully saturated rings. The quantitative estimate of drug-likeness (QED) is 0.773. The highest BCUT2D eigenvalue weighted by Gasteiger charge is 2.14. The zero-order valence-corrected chi connectivity index (χ0v) is 9.00. The van der Waals surface area contributed by atoms with Gasteiger partial charge in [-0.3, -0.25) is 0 Å². The van der Waals surface area contributed by atoms with Gasteiger partial charge in [0, 0.05) is 6.54 Å². The maximum absolute atomic E-state index is 12.5. The number of sulfone groups is 1. The second-order valence-corrected chi connectivity index (χ2v) is 5.11. The molecule has 2 N–H and O–H groups in total. The van der Waals surface area contributed by atoms with Crippen LogP contribution in [-0.4, -0.2) is 31.9 Å². The molecule has 5 nitrogen and oxygen atoms in total. The normalized spacial score (nSPS) is 11.1. The average Bonchev–Trinajstić information content (AvgIpc) is 2.17. The first-order valence-electron chi connectivity index (χ1n) is 4.37. The molecule has 0 atom stereocenters. The largest absolute Gasteiger partial charge is 0.465 e. The first-order chi connectivity index (χ1) is 7.42. The number of carboxylic acid groups (broad SMARTS) is 1. The molecule has 0 saturated carbocycles. The Hall–Kier alpha value is -1.63. The van der Waals surface area contributed by atoms with Gasteiger partial charge in [-0.1, -0.05) is 0 Å². The molecule has 0 aliphatic heterocycles. The summed E-state index contributed by atoms with van der Waals surface area (Å²) in [5.74, 6) is -0.882. The van der Waals surface area contributed by atoms with Gasteiger partial charge < -0.3 is 10.4 Å². The van der Waals surface area contributed by atoms with Crippen LogP contribution in [0, 0.1) is 5.82 Å². The SMILES string of the molecule is O=C(O)NCCS(=O)(=O)c1ccc(F)cc1. The van der Waals surface area contributed by atoms with E-state index in [2.05, 4.69) is 0 Å². The summed E-state index contributed by atoms with van der Waals surface area (Å²) >= 11 is 0. The number of amides is 1. The zero-order valence-electron chi connectivity index (χ0n) is 8.18. The molecule has 0 aliphatic rings. The van der Waals surface area contributed by atoms with E-state index in [1.165, 1.54) is 0 Å². The molecule has 1 amide bonds. The molecule has 0 bridgehead atoms. The monoisotopic (exact) mass is 247 g/mol. The van der Waals surface area contributed by atoms with Crippen LogP contribution in [-0.2, 0) is 9.84 Å². The first-order valence-corrected chi connectivity index (χ1v) is 6.02. The molecular formula is C9H10FNO4S. The van der Waals surface area contributed by atoms with Crippen LogP contribution in [0.3, 0.4) is 0 Å². The van der Waals surface area contributed by atoms with Gasteiger partial charge in [-0.15, -0.1) is 0 Å². The van der Waals surface area contributed by atoms with Gasteiger partial charge in [-0.25, -0.2) is 17.6 Å². The Balaban J connectivity index is 2.71. The molecule has 1 aromatic carbocycles. The molecule has 0 aliphatic carbocycles. The van der Waals surface area contributed by atoms with Gasteiger partial charge in [0.25, 0.3) is 0 Å². The fraction of sp³-hybridized carbons (Fsp3) is 0.222. The Bertz CT molecular complexity index is 469. The lowest BCUT2D eigenvalue weighted by molar-refractivity contribution is 0.195. The van der Waals surface area contributed by atoms with Crippen molar-refractivity contribution in [1.82, 2.24) is 5.32 Å². The van der Waals surface area contributed by atoms with E-state index in [1.54, 1.807) is 0 Å². The topological polar surface area (TPSA) is 83.5 Å². The maximum Gasteiger partial charge on any atom is 0.404 e. The van der Waals surface area contributed by atoms with E-state index in [0.29, 0.717) is 0 Å². The summed E-state index contributed by atoms with van der Waals surface area (Å²) in [6.45, 7) is -0.199. The summed E-state index contributed by atoms with van der Waals surface area (Å²) in [4.78, 5) is 10.1. The number of hydrogen-bond donors (Lipinski definition) is 2. The fourth-order valence-corrected chi connectivity index (χ4v) is 2.21. The molecule has 16 heavy (non-hydrogen) atoms. The van der Waals surface area contributed by atoms with Crippen LogP contribution < -0.4 is 5.32 Å². The Morgan fingerprint density at radius 1 is 1.31 bits per heavy atom. The third-order valence-corrected chi connectivity index (χ3v) is 3.55. The Morgan fingerprint density at radius 3 is 2.38 bits per heavy atom. The fourth-order valence-electron chi connectivity index (χ4n) is 1.05. The van der Waals surface area contributed by atoms with Gasteiger partial charge in [0.2, 0.25) is 0 Å². The highest BCUT2D eigenvalue weighted by Crippen LogP contribution is 2.11. The summed E-state index contributed by atoms with van der Waals surface area (Å²) in [5, 5.41) is 10.2. The van der Waals surface area contributed by atoms with E-state index < -0.39 is 21.7 Å². The van der Waals surface area contributed by atoms with E-state index >= 15 is 0 Å². The van der Waals surface area contributed by atoms with Crippen molar-refractivity contribution in [3.8, 4) is 0 Å². The standard InChI is InChI=1S/C9H10FNO4S/c10-7-1-3-8(4-2-7)16(14,15)6-5-11-9(12)13/h1-4,11H,5-6H2,(H,12,13). The first kappa shape index (κ1) is 12.4. The van der Waals surface area contributed by atoms with Crippen LogP contribution in [0.2, 0.25) is 0 Å². The van der Waals surface area contributed by atoms with E-state index in [0.717, 1.165) is 24.3 Å². The molecule has 7 heteroatoms. The van der Waals surface area contributed by atoms with Crippen molar-refractivity contribution < 1.29 is 22.7 Å². The van der Waals surface area contributed by atoms with Crippen LogP contribution in [0.1, 0.15) is 0 Å². The average molecular weight is 247 g/mol. The Kier molecular flexibility index (Phi) is 3.83. The second kappa shape index (κ2) is 4.93. The van der Waals surface area contributed by atoms with Gasteiger partial charge in [-0.2, -0.15) is 0 Å². The molecule has 88 valence electrons. The molecule has 0 unspecified atom stereocenters. The van der Waals surface area contributed by atoms with Gasteiger partial charge >= 0.3 is 6.09 Å². The van der Waals surface area contributed by atoms with Gasteiger partial charge in [0.1, 0.15) is 5.82 Å². The van der Waals surface area contributed by atoms with Crippen LogP contribution >= 0.6 is 0 Å². The van der Waals surface area contributed by atoms with Crippen molar-refractivity contribution in [3.05, 3.63) is 30.1 Å². The minimum absolute atomic E-state index is 0.0268. The molecule has 0 radical (unpaired) electrons. The van der Waals surface area contributed by atoms with Crippen molar-refractivity contribution in [2.24, 2.45) is 0 Å². The number of carbonyl (C=O) groups is 1. The van der Waals surface area contributed by atoms with Crippen LogP contribution in [0.25, 0.3) is 0 Å². The molecular weight excluding hydrogens is 237 g/mol. The number of halogens is 1. The number of rotatable bonds is 4. The van der Waals surface area contributed by atoms with Crippen LogP contribution in [0.4, 0.5) is 9.18 Å². The van der Waals surface area contributed by atoms with Crippen molar-refractivity contribution in [3.63, 3.8) is 0 Å². The lowest BCUT2D eigenvalue weighted by Crippen LogP contribution is -2.27. The van der Waals surface area contributed by atoms with E-state index in [9.17, 15) is 17.6 Å². The minimum Gasteiger partial charge on any atom is -0.465 e. The Morgan fingerprint density at radius 2 is 1.88 bits per heavy atom. The summed E-state index contributed by atoms with van der Waals surface area (Å²) < 4.78 is 35.7. The molecule has 1 aromatic rings. The number of nitrogens with one attached hydrogen (secondary N) is 1. The van der Waals surface area contributed by atoms with Crippen molar-refractivity contribution in [2.45, 2.75) is 4.90 Å². The second-order valence-electron chi connectivity index (χ2n) is 3.00. The molecule has 0 aromatic heterocycles. The minimum atomic E-state index is -3.57. The van der Waals surface area contributed by atoms with Crippen LogP contribution in [0.5, 0.6) is 0 Å². The third-order valence-electron chi connectivity index (χ3n) is 1.82. The van der Waals surface area contributed by atoms with Gasteiger partial charge in [0.05, 0.1) is 10.6 Å². The predicted octanol–water partition coefficient (Wildman–Crippen LogP) is 0.867. The Labute approximate surface area is 91.8 Å². The van der Waals surface area contributed by atoms with Gasteiger partial charge in [-0.05, 0) is 24.3 Å². The van der Waals surface area contributed by atoms with Crippen molar-refractivity contribution in [1.29, 1.82) is 0 Å². The van der Waals surface area contributed by atoms with E-state index in [4.69, 9.17) is 5.11 Å².